The van der Waals surface area contributed by atoms with Gasteiger partial charge < -0.3 is 4.57 Å². The van der Waals surface area contributed by atoms with Crippen LogP contribution in [0.5, 0.6) is 0 Å². The van der Waals surface area contributed by atoms with Gasteiger partial charge in [0.05, 0.1) is 17.0 Å². The fourth-order valence-corrected chi connectivity index (χ4v) is 3.45. The maximum absolute atomic E-state index is 12.3. The van der Waals surface area contributed by atoms with Gasteiger partial charge in [-0.2, -0.15) is 0 Å². The molecule has 0 bridgehead atoms. The summed E-state index contributed by atoms with van der Waals surface area (Å²) in [5, 5.41) is 0.997. The summed E-state index contributed by atoms with van der Waals surface area (Å²) in [5.74, 6) is 1.49. The normalized spacial score (nSPS) is 10.8. The van der Waals surface area contributed by atoms with E-state index in [4.69, 9.17) is 0 Å². The Morgan fingerprint density at radius 1 is 1.16 bits per heavy atom. The summed E-state index contributed by atoms with van der Waals surface area (Å²) in [5.41, 5.74) is 2.89. The molecule has 0 aliphatic heterocycles. The van der Waals surface area contributed by atoms with E-state index < -0.39 is 0 Å². The van der Waals surface area contributed by atoms with Gasteiger partial charge in [-0.25, -0.2) is 4.98 Å². The third-order valence-corrected chi connectivity index (χ3v) is 4.90. The van der Waals surface area contributed by atoms with Gasteiger partial charge in [0.25, 0.3) is 0 Å². The average Bonchev–Trinajstić information content (AvgIpc) is 3.05. The molecule has 3 heterocycles. The summed E-state index contributed by atoms with van der Waals surface area (Å²) in [7, 11) is 0. The molecule has 0 fully saturated rings. The number of thioether (sulfide) groups is 1. The largest absolute Gasteiger partial charge is 0.319 e. The average molecular weight is 352 g/mol. The molecule has 25 heavy (non-hydrogen) atoms. The zero-order valence-corrected chi connectivity index (χ0v) is 15.2. The van der Waals surface area contributed by atoms with Crippen LogP contribution in [-0.4, -0.2) is 31.1 Å². The highest BCUT2D eigenvalue weighted by Gasteiger charge is 2.13. The van der Waals surface area contributed by atoms with Gasteiger partial charge in [-0.05, 0) is 37.6 Å². The molecule has 3 aromatic heterocycles. The summed E-state index contributed by atoms with van der Waals surface area (Å²) < 4.78 is 2.11. The SMILES string of the molecule is CCn1c(SCC(=O)Cc2ccc(C)nc2)cnc1-c1cccnc1. The van der Waals surface area contributed by atoms with Gasteiger partial charge in [-0.3, -0.25) is 14.8 Å². The van der Waals surface area contributed by atoms with Crippen molar-refractivity contribution in [1.82, 2.24) is 19.5 Å². The van der Waals surface area contributed by atoms with Crippen LogP contribution in [0.1, 0.15) is 18.2 Å². The van der Waals surface area contributed by atoms with E-state index in [1.165, 1.54) is 11.8 Å². The quantitative estimate of drug-likeness (QED) is 0.608. The minimum atomic E-state index is 0.183. The molecule has 6 heteroatoms. The summed E-state index contributed by atoms with van der Waals surface area (Å²) in [4.78, 5) is 25.2. The molecule has 0 radical (unpaired) electrons. The molecule has 0 saturated carbocycles. The number of carbonyl (C=O) groups is 1. The van der Waals surface area contributed by atoms with Crippen molar-refractivity contribution in [1.29, 1.82) is 0 Å². The lowest BCUT2D eigenvalue weighted by molar-refractivity contribution is -0.116. The van der Waals surface area contributed by atoms with Crippen LogP contribution in [0.15, 0.2) is 54.1 Å². The Morgan fingerprint density at radius 2 is 2.04 bits per heavy atom. The second-order valence-electron chi connectivity index (χ2n) is 5.72. The number of aryl methyl sites for hydroxylation is 1. The van der Waals surface area contributed by atoms with Gasteiger partial charge in [0, 0.05) is 42.8 Å². The van der Waals surface area contributed by atoms with Gasteiger partial charge in [-0.15, -0.1) is 0 Å². The van der Waals surface area contributed by atoms with Crippen molar-refractivity contribution in [2.45, 2.75) is 31.8 Å². The first-order valence-electron chi connectivity index (χ1n) is 8.19. The number of aromatic nitrogens is 4. The topological polar surface area (TPSA) is 60.7 Å². The summed E-state index contributed by atoms with van der Waals surface area (Å²) in [6.45, 7) is 4.81. The Morgan fingerprint density at radius 3 is 2.72 bits per heavy atom. The van der Waals surface area contributed by atoms with Crippen molar-refractivity contribution in [3.8, 4) is 11.4 Å². The van der Waals surface area contributed by atoms with Crippen molar-refractivity contribution >= 4 is 17.5 Å². The van der Waals surface area contributed by atoms with Crippen LogP contribution in [0.3, 0.4) is 0 Å². The molecule has 3 aromatic rings. The number of carbonyl (C=O) groups excluding carboxylic acids is 1. The monoisotopic (exact) mass is 352 g/mol. The Bertz CT molecular complexity index is 844. The predicted molar refractivity (Wildman–Crippen MR) is 99.5 cm³/mol. The maximum Gasteiger partial charge on any atom is 0.147 e. The Kier molecular flexibility index (Phi) is 5.60. The lowest BCUT2D eigenvalue weighted by atomic mass is 10.1. The van der Waals surface area contributed by atoms with Crippen LogP contribution >= 0.6 is 11.8 Å². The molecule has 0 aliphatic rings. The van der Waals surface area contributed by atoms with E-state index in [1.807, 2.05) is 37.4 Å². The fraction of sp³-hybridized carbons (Fsp3) is 0.263. The minimum Gasteiger partial charge on any atom is -0.319 e. The number of imidazole rings is 1. The number of pyridine rings is 2. The van der Waals surface area contributed by atoms with E-state index >= 15 is 0 Å². The predicted octanol–water partition coefficient (Wildman–Crippen LogP) is 3.57. The van der Waals surface area contributed by atoms with Gasteiger partial charge in [0.2, 0.25) is 0 Å². The molecule has 5 nitrogen and oxygen atoms in total. The lowest BCUT2D eigenvalue weighted by Gasteiger charge is -2.09. The van der Waals surface area contributed by atoms with Gasteiger partial charge in [0.1, 0.15) is 11.6 Å². The number of hydrogen-bond donors (Lipinski definition) is 0. The maximum atomic E-state index is 12.3. The molecule has 0 atom stereocenters. The van der Waals surface area contributed by atoms with Crippen molar-refractivity contribution in [2.75, 3.05) is 5.75 Å². The summed E-state index contributed by atoms with van der Waals surface area (Å²) in [6, 6.07) is 7.78. The third kappa shape index (κ3) is 4.33. The molecule has 0 aromatic carbocycles. The Hall–Kier alpha value is -2.47. The summed E-state index contributed by atoms with van der Waals surface area (Å²) >= 11 is 1.53. The molecular weight excluding hydrogens is 332 g/mol. The number of hydrogen-bond acceptors (Lipinski definition) is 5. The van der Waals surface area contributed by atoms with Crippen LogP contribution in [0.2, 0.25) is 0 Å². The Labute approximate surface area is 151 Å². The number of Topliss-reactive ketones (excluding diaryl/α,β-unsaturated/α-hetero) is 1. The van der Waals surface area contributed by atoms with Gasteiger partial charge in [0.15, 0.2) is 0 Å². The first-order valence-corrected chi connectivity index (χ1v) is 9.18. The first-order chi connectivity index (χ1) is 12.2. The highest BCUT2D eigenvalue weighted by Crippen LogP contribution is 2.25. The molecule has 0 aliphatic carbocycles. The smallest absolute Gasteiger partial charge is 0.147 e. The van der Waals surface area contributed by atoms with E-state index in [0.717, 1.165) is 34.2 Å². The van der Waals surface area contributed by atoms with Crippen molar-refractivity contribution in [3.05, 3.63) is 60.3 Å². The van der Waals surface area contributed by atoms with E-state index in [2.05, 4.69) is 26.4 Å². The van der Waals surface area contributed by atoms with Crippen molar-refractivity contribution in [3.63, 3.8) is 0 Å². The minimum absolute atomic E-state index is 0.183. The van der Waals surface area contributed by atoms with Crippen LogP contribution in [0, 0.1) is 6.92 Å². The lowest BCUT2D eigenvalue weighted by Crippen LogP contribution is -2.07. The molecule has 0 amide bonds. The number of ketones is 1. The number of nitrogens with zero attached hydrogens (tertiary/aromatic N) is 4. The fourth-order valence-electron chi connectivity index (χ4n) is 2.54. The second-order valence-corrected chi connectivity index (χ2v) is 6.71. The standard InChI is InChI=1S/C19H20N4OS/c1-3-23-18(12-22-19(23)16-5-4-8-20-11-16)25-13-17(24)9-15-7-6-14(2)21-10-15/h4-8,10-12H,3,9,13H2,1-2H3. The molecular formula is C19H20N4OS. The van der Waals surface area contributed by atoms with Crippen LogP contribution in [-0.2, 0) is 17.8 Å². The zero-order chi connectivity index (χ0) is 17.6. The van der Waals surface area contributed by atoms with E-state index in [9.17, 15) is 4.79 Å². The molecule has 0 unspecified atom stereocenters. The van der Waals surface area contributed by atoms with Crippen LogP contribution < -0.4 is 0 Å². The molecule has 0 saturated heterocycles. The zero-order valence-electron chi connectivity index (χ0n) is 14.3. The van der Waals surface area contributed by atoms with E-state index in [0.29, 0.717) is 12.2 Å². The molecule has 3 rings (SSSR count). The highest BCUT2D eigenvalue weighted by molar-refractivity contribution is 7.99. The molecule has 128 valence electrons. The molecule has 0 spiro atoms. The van der Waals surface area contributed by atoms with Gasteiger partial charge in [-0.1, -0.05) is 17.8 Å². The van der Waals surface area contributed by atoms with Crippen molar-refractivity contribution in [2.24, 2.45) is 0 Å². The first kappa shape index (κ1) is 17.4. The van der Waals surface area contributed by atoms with Crippen LogP contribution in [0.25, 0.3) is 11.4 Å². The highest BCUT2D eigenvalue weighted by atomic mass is 32.2. The van der Waals surface area contributed by atoms with E-state index in [-0.39, 0.29) is 5.78 Å². The van der Waals surface area contributed by atoms with Crippen LogP contribution in [0.4, 0.5) is 0 Å². The number of rotatable bonds is 7. The van der Waals surface area contributed by atoms with Crippen molar-refractivity contribution < 1.29 is 4.79 Å². The third-order valence-electron chi connectivity index (χ3n) is 3.81. The Balaban J connectivity index is 1.66. The second kappa shape index (κ2) is 8.07. The molecule has 0 N–H and O–H groups in total. The summed E-state index contributed by atoms with van der Waals surface area (Å²) in [6.07, 6.45) is 7.57. The van der Waals surface area contributed by atoms with Gasteiger partial charge >= 0.3 is 0 Å². The van der Waals surface area contributed by atoms with E-state index in [1.54, 1.807) is 18.6 Å².